The smallest absolute Gasteiger partial charge is 0.323 e. The van der Waals surface area contributed by atoms with Crippen LogP contribution in [0.15, 0.2) is 11.1 Å². The summed E-state index contributed by atoms with van der Waals surface area (Å²) >= 11 is 0.996. The lowest BCUT2D eigenvalue weighted by atomic mass is 10.5. The van der Waals surface area contributed by atoms with Crippen molar-refractivity contribution in [2.24, 2.45) is 0 Å². The fraction of sp³-hybridized carbons (Fsp3) is 0.167. The lowest BCUT2D eigenvalue weighted by Gasteiger charge is -1.98. The van der Waals surface area contributed by atoms with Gasteiger partial charge in [-0.05, 0) is 0 Å². The van der Waals surface area contributed by atoms with Gasteiger partial charge in [0.05, 0.1) is 6.33 Å². The van der Waals surface area contributed by atoms with Crippen LogP contribution in [-0.4, -0.2) is 30.2 Å². The fourth-order valence-corrected chi connectivity index (χ4v) is 1.48. The standard InChI is InChI=1S/C6H4N4O3S/c11-3(12)1-10-2-7-5-4(6(10)13)8-9-14-5/h2H,1H2,(H,11,12). The van der Waals surface area contributed by atoms with Crippen LogP contribution >= 0.6 is 11.5 Å². The largest absolute Gasteiger partial charge is 0.480 e. The van der Waals surface area contributed by atoms with E-state index in [9.17, 15) is 9.59 Å². The van der Waals surface area contributed by atoms with Gasteiger partial charge < -0.3 is 5.11 Å². The van der Waals surface area contributed by atoms with Crippen molar-refractivity contribution >= 4 is 27.8 Å². The Morgan fingerprint density at radius 1 is 1.64 bits per heavy atom. The van der Waals surface area contributed by atoms with E-state index in [1.165, 1.54) is 6.33 Å². The summed E-state index contributed by atoms with van der Waals surface area (Å²) in [4.78, 5) is 26.1. The fourth-order valence-electron chi connectivity index (χ4n) is 0.974. The molecule has 0 saturated carbocycles. The van der Waals surface area contributed by atoms with Crippen LogP contribution in [0, 0.1) is 0 Å². The topological polar surface area (TPSA) is 98.0 Å². The third-order valence-corrected chi connectivity index (χ3v) is 2.19. The minimum absolute atomic E-state index is 0.110. The van der Waals surface area contributed by atoms with Crippen LogP contribution in [-0.2, 0) is 11.3 Å². The van der Waals surface area contributed by atoms with Crippen molar-refractivity contribution < 1.29 is 9.90 Å². The monoisotopic (exact) mass is 212 g/mol. The maximum absolute atomic E-state index is 11.5. The highest BCUT2D eigenvalue weighted by Crippen LogP contribution is 2.05. The second-order valence-electron chi connectivity index (χ2n) is 2.50. The lowest BCUT2D eigenvalue weighted by Crippen LogP contribution is -2.24. The zero-order valence-corrected chi connectivity index (χ0v) is 7.56. The summed E-state index contributed by atoms with van der Waals surface area (Å²) in [6, 6.07) is 0. The lowest BCUT2D eigenvalue weighted by molar-refractivity contribution is -0.137. The second-order valence-corrected chi connectivity index (χ2v) is 3.23. The number of aliphatic carboxylic acids is 1. The van der Waals surface area contributed by atoms with E-state index in [4.69, 9.17) is 5.11 Å². The molecule has 0 aliphatic rings. The molecule has 2 aromatic rings. The molecule has 1 N–H and O–H groups in total. The number of hydrogen-bond donors (Lipinski definition) is 1. The molecule has 8 heteroatoms. The molecule has 0 amide bonds. The summed E-state index contributed by atoms with van der Waals surface area (Å²) < 4.78 is 4.53. The Morgan fingerprint density at radius 3 is 3.14 bits per heavy atom. The SMILES string of the molecule is O=C(O)Cn1cnc2snnc2c1=O. The van der Waals surface area contributed by atoms with Crippen molar-refractivity contribution in [2.45, 2.75) is 6.54 Å². The van der Waals surface area contributed by atoms with Crippen LogP contribution in [0.5, 0.6) is 0 Å². The van der Waals surface area contributed by atoms with E-state index in [0.717, 1.165) is 16.1 Å². The molecule has 0 saturated heterocycles. The van der Waals surface area contributed by atoms with E-state index < -0.39 is 18.1 Å². The van der Waals surface area contributed by atoms with Crippen LogP contribution in [0.1, 0.15) is 0 Å². The van der Waals surface area contributed by atoms with Gasteiger partial charge in [-0.25, -0.2) is 4.98 Å². The first-order valence-electron chi connectivity index (χ1n) is 3.58. The maximum Gasteiger partial charge on any atom is 0.323 e. The van der Waals surface area contributed by atoms with Gasteiger partial charge >= 0.3 is 5.97 Å². The van der Waals surface area contributed by atoms with Crippen LogP contribution in [0.25, 0.3) is 10.3 Å². The normalized spacial score (nSPS) is 10.6. The van der Waals surface area contributed by atoms with E-state index in [-0.39, 0.29) is 5.52 Å². The molecule has 14 heavy (non-hydrogen) atoms. The molecule has 2 heterocycles. The summed E-state index contributed by atoms with van der Waals surface area (Å²) in [6.45, 7) is -0.417. The summed E-state index contributed by atoms with van der Waals surface area (Å²) in [5, 5.41) is 12.1. The molecule has 0 atom stereocenters. The molecule has 2 aromatic heterocycles. The molecular weight excluding hydrogens is 208 g/mol. The molecular formula is C6H4N4O3S. The van der Waals surface area contributed by atoms with Crippen molar-refractivity contribution in [3.8, 4) is 0 Å². The van der Waals surface area contributed by atoms with Crippen LogP contribution < -0.4 is 5.56 Å². The van der Waals surface area contributed by atoms with Gasteiger partial charge in [0.1, 0.15) is 6.54 Å². The van der Waals surface area contributed by atoms with Crippen LogP contribution in [0.3, 0.4) is 0 Å². The zero-order valence-electron chi connectivity index (χ0n) is 6.75. The number of fused-ring (bicyclic) bond motifs is 1. The molecule has 0 aliphatic heterocycles. The van der Waals surface area contributed by atoms with Gasteiger partial charge in [-0.1, -0.05) is 4.49 Å². The number of aromatic nitrogens is 4. The number of rotatable bonds is 2. The molecule has 0 spiro atoms. The first kappa shape index (κ1) is 8.75. The van der Waals surface area contributed by atoms with Crippen LogP contribution in [0.2, 0.25) is 0 Å². The molecule has 0 unspecified atom stereocenters. The summed E-state index contributed by atoms with van der Waals surface area (Å²) in [5.74, 6) is -1.10. The quantitative estimate of drug-likeness (QED) is 0.709. The third-order valence-electron chi connectivity index (χ3n) is 1.55. The Balaban J connectivity index is 2.62. The minimum atomic E-state index is -1.10. The molecule has 0 fully saturated rings. The molecule has 0 radical (unpaired) electrons. The summed E-state index contributed by atoms with van der Waals surface area (Å²) in [7, 11) is 0. The highest BCUT2D eigenvalue weighted by molar-refractivity contribution is 7.12. The van der Waals surface area contributed by atoms with Gasteiger partial charge in [0.25, 0.3) is 5.56 Å². The van der Waals surface area contributed by atoms with Gasteiger partial charge in [0, 0.05) is 11.5 Å². The van der Waals surface area contributed by atoms with Crippen molar-refractivity contribution in [2.75, 3.05) is 0 Å². The first-order chi connectivity index (χ1) is 6.68. The molecule has 0 bridgehead atoms. The van der Waals surface area contributed by atoms with Gasteiger partial charge in [-0.15, -0.1) is 5.10 Å². The molecule has 0 aliphatic carbocycles. The van der Waals surface area contributed by atoms with Crippen LogP contribution in [0.4, 0.5) is 0 Å². The number of nitrogens with zero attached hydrogens (tertiary/aromatic N) is 4. The molecule has 7 nitrogen and oxygen atoms in total. The van der Waals surface area contributed by atoms with Crippen molar-refractivity contribution in [1.82, 2.24) is 19.1 Å². The van der Waals surface area contributed by atoms with E-state index in [0.29, 0.717) is 4.83 Å². The van der Waals surface area contributed by atoms with Gasteiger partial charge in [-0.2, -0.15) is 0 Å². The van der Waals surface area contributed by atoms with E-state index in [1.54, 1.807) is 0 Å². The Hall–Kier alpha value is -1.83. The van der Waals surface area contributed by atoms with Gasteiger partial charge in [-0.3, -0.25) is 14.2 Å². The van der Waals surface area contributed by atoms with Gasteiger partial charge in [0.2, 0.25) is 0 Å². The summed E-state index contributed by atoms with van der Waals surface area (Å²) in [5.41, 5.74) is -0.370. The van der Waals surface area contributed by atoms with E-state index in [2.05, 4.69) is 14.6 Å². The van der Waals surface area contributed by atoms with Crippen molar-refractivity contribution in [3.63, 3.8) is 0 Å². The molecule has 2 rings (SSSR count). The summed E-state index contributed by atoms with van der Waals surface area (Å²) in [6.07, 6.45) is 1.18. The highest BCUT2D eigenvalue weighted by atomic mass is 32.1. The Bertz CT molecular complexity index is 545. The molecule has 72 valence electrons. The number of hydrogen-bond acceptors (Lipinski definition) is 6. The van der Waals surface area contributed by atoms with E-state index in [1.807, 2.05) is 0 Å². The van der Waals surface area contributed by atoms with Crippen molar-refractivity contribution in [3.05, 3.63) is 16.7 Å². The first-order valence-corrected chi connectivity index (χ1v) is 4.35. The maximum atomic E-state index is 11.5. The zero-order chi connectivity index (χ0) is 10.1. The average Bonchev–Trinajstić information content (AvgIpc) is 2.57. The third kappa shape index (κ3) is 1.35. The van der Waals surface area contributed by atoms with Gasteiger partial charge in [0.15, 0.2) is 10.3 Å². The minimum Gasteiger partial charge on any atom is -0.480 e. The van der Waals surface area contributed by atoms with Crippen molar-refractivity contribution in [1.29, 1.82) is 0 Å². The Kier molecular flexibility index (Phi) is 1.97. The number of carboxylic acid groups (broad SMARTS) is 1. The average molecular weight is 212 g/mol. The second kappa shape index (κ2) is 3.14. The Morgan fingerprint density at radius 2 is 2.43 bits per heavy atom. The number of carboxylic acids is 1. The predicted octanol–water partition coefficient (Wildman–Crippen LogP) is -0.667. The number of carbonyl (C=O) groups is 1. The highest BCUT2D eigenvalue weighted by Gasteiger charge is 2.09. The molecule has 0 aromatic carbocycles. The van der Waals surface area contributed by atoms with E-state index >= 15 is 0 Å². The Labute approximate surface area is 80.8 Å². The predicted molar refractivity (Wildman–Crippen MR) is 47.1 cm³/mol.